The van der Waals surface area contributed by atoms with Gasteiger partial charge in [-0.25, -0.2) is 19.2 Å². The van der Waals surface area contributed by atoms with Gasteiger partial charge in [-0.15, -0.1) is 12.4 Å². The van der Waals surface area contributed by atoms with E-state index < -0.39 is 11.8 Å². The Balaban J connectivity index is 0.00000128. The third kappa shape index (κ3) is 2.17. The Labute approximate surface area is 96.0 Å². The number of halogens is 2. The van der Waals surface area contributed by atoms with Crippen molar-refractivity contribution >= 4 is 18.4 Å². The van der Waals surface area contributed by atoms with Crippen LogP contribution in [0.25, 0.3) is 5.82 Å². The van der Waals surface area contributed by atoms with E-state index in [0.717, 1.165) is 6.20 Å². The number of hydrogen-bond donors (Lipinski definition) is 1. The second-order valence-electron chi connectivity index (χ2n) is 2.79. The predicted octanol–water partition coefficient (Wildman–Crippen LogP) is 1.53. The van der Waals surface area contributed by atoms with Crippen molar-refractivity contribution < 1.29 is 14.3 Å². The quantitative estimate of drug-likeness (QED) is 0.869. The van der Waals surface area contributed by atoms with Crippen LogP contribution in [-0.2, 0) is 0 Å². The molecule has 2 aromatic heterocycles. The number of aromatic nitrogens is 3. The molecule has 0 amide bonds. The first-order valence-corrected chi connectivity index (χ1v) is 4.06. The monoisotopic (exact) mass is 243 g/mol. The van der Waals surface area contributed by atoms with E-state index in [2.05, 4.69) is 9.97 Å². The Morgan fingerprint density at radius 3 is 2.69 bits per heavy atom. The van der Waals surface area contributed by atoms with Crippen molar-refractivity contribution in [3.63, 3.8) is 0 Å². The minimum Gasteiger partial charge on any atom is -0.477 e. The second kappa shape index (κ2) is 4.71. The average molecular weight is 244 g/mol. The van der Waals surface area contributed by atoms with Gasteiger partial charge in [0.15, 0.2) is 5.69 Å². The van der Waals surface area contributed by atoms with Crippen LogP contribution in [0.1, 0.15) is 10.5 Å². The van der Waals surface area contributed by atoms with Crippen molar-refractivity contribution in [1.29, 1.82) is 0 Å². The van der Waals surface area contributed by atoms with Crippen LogP contribution in [0.3, 0.4) is 0 Å². The minimum absolute atomic E-state index is 0. The minimum atomic E-state index is -1.11. The Morgan fingerprint density at radius 1 is 1.38 bits per heavy atom. The van der Waals surface area contributed by atoms with Crippen LogP contribution < -0.4 is 0 Å². The molecule has 5 nitrogen and oxygen atoms in total. The lowest BCUT2D eigenvalue weighted by atomic mass is 10.4. The molecule has 0 fully saturated rings. The maximum absolute atomic E-state index is 12.6. The summed E-state index contributed by atoms with van der Waals surface area (Å²) in [5, 5.41) is 8.81. The van der Waals surface area contributed by atoms with Gasteiger partial charge in [-0.1, -0.05) is 0 Å². The molecule has 0 aliphatic carbocycles. The van der Waals surface area contributed by atoms with Crippen molar-refractivity contribution in [2.75, 3.05) is 0 Å². The number of rotatable bonds is 2. The molecule has 0 radical (unpaired) electrons. The maximum Gasteiger partial charge on any atom is 0.354 e. The number of carboxylic acids is 1. The Morgan fingerprint density at radius 2 is 2.12 bits per heavy atom. The highest BCUT2D eigenvalue weighted by Gasteiger charge is 2.11. The number of carbonyl (C=O) groups is 1. The van der Waals surface area contributed by atoms with E-state index >= 15 is 0 Å². The molecule has 0 aliphatic heterocycles. The van der Waals surface area contributed by atoms with Crippen molar-refractivity contribution in [3.8, 4) is 5.82 Å². The summed E-state index contributed by atoms with van der Waals surface area (Å²) in [5.74, 6) is -1.28. The molecule has 7 heteroatoms. The highest BCUT2D eigenvalue weighted by atomic mass is 35.5. The van der Waals surface area contributed by atoms with Crippen LogP contribution in [0.2, 0.25) is 0 Å². The van der Waals surface area contributed by atoms with Gasteiger partial charge < -0.3 is 5.11 Å². The fourth-order valence-electron chi connectivity index (χ4n) is 1.15. The first kappa shape index (κ1) is 12.1. The molecule has 84 valence electrons. The van der Waals surface area contributed by atoms with Crippen molar-refractivity contribution in [2.24, 2.45) is 0 Å². The fourth-order valence-corrected chi connectivity index (χ4v) is 1.15. The molecule has 0 saturated carbocycles. The smallest absolute Gasteiger partial charge is 0.354 e. The van der Waals surface area contributed by atoms with E-state index in [1.165, 1.54) is 29.2 Å². The zero-order valence-electron chi connectivity index (χ0n) is 7.87. The summed E-state index contributed by atoms with van der Waals surface area (Å²) in [6, 6.07) is 2.58. The summed E-state index contributed by atoms with van der Waals surface area (Å²) in [5.41, 5.74) is -0.0193. The van der Waals surface area contributed by atoms with Gasteiger partial charge in [0.2, 0.25) is 0 Å². The highest BCUT2D eigenvalue weighted by Crippen LogP contribution is 2.08. The molecule has 0 saturated heterocycles. The van der Waals surface area contributed by atoms with Gasteiger partial charge in [0.25, 0.3) is 0 Å². The van der Waals surface area contributed by atoms with Crippen LogP contribution >= 0.6 is 12.4 Å². The van der Waals surface area contributed by atoms with E-state index in [9.17, 15) is 9.18 Å². The molecule has 0 spiro atoms. The van der Waals surface area contributed by atoms with Gasteiger partial charge in [-0.2, -0.15) is 0 Å². The van der Waals surface area contributed by atoms with Gasteiger partial charge in [0.05, 0.1) is 12.4 Å². The summed E-state index contributed by atoms with van der Waals surface area (Å²) in [7, 11) is 0. The maximum atomic E-state index is 12.6. The molecule has 0 unspecified atom stereocenters. The lowest BCUT2D eigenvalue weighted by Crippen LogP contribution is -2.06. The van der Waals surface area contributed by atoms with E-state index in [4.69, 9.17) is 5.11 Å². The fraction of sp³-hybridized carbons (Fsp3) is 0. The van der Waals surface area contributed by atoms with Crippen LogP contribution in [-0.4, -0.2) is 25.6 Å². The zero-order valence-corrected chi connectivity index (χ0v) is 8.69. The number of imidazole rings is 1. The number of aromatic carboxylic acids is 1. The van der Waals surface area contributed by atoms with Gasteiger partial charge in [0, 0.05) is 0 Å². The van der Waals surface area contributed by atoms with Crippen molar-refractivity contribution in [2.45, 2.75) is 0 Å². The summed E-state index contributed by atoms with van der Waals surface area (Å²) in [6.45, 7) is 0. The molecule has 16 heavy (non-hydrogen) atoms. The summed E-state index contributed by atoms with van der Waals surface area (Å²) in [4.78, 5) is 18.2. The van der Waals surface area contributed by atoms with E-state index in [1.54, 1.807) is 0 Å². The normalized spacial score (nSPS) is 9.56. The van der Waals surface area contributed by atoms with E-state index in [-0.39, 0.29) is 18.1 Å². The largest absolute Gasteiger partial charge is 0.477 e. The number of carboxylic acid groups (broad SMARTS) is 1. The molecule has 0 bridgehead atoms. The number of pyridine rings is 1. The molecule has 0 atom stereocenters. The zero-order chi connectivity index (χ0) is 10.8. The molecular weight excluding hydrogens is 237 g/mol. The van der Waals surface area contributed by atoms with E-state index in [0.29, 0.717) is 5.82 Å². The van der Waals surface area contributed by atoms with Gasteiger partial charge in [-0.3, -0.25) is 4.57 Å². The molecule has 2 heterocycles. The SMILES string of the molecule is Cl.O=C(O)c1cncn1-c1ccc(F)cn1. The van der Waals surface area contributed by atoms with Crippen LogP contribution in [0.15, 0.2) is 30.9 Å². The Kier molecular flexibility index (Phi) is 3.57. The van der Waals surface area contributed by atoms with Crippen LogP contribution in [0.5, 0.6) is 0 Å². The van der Waals surface area contributed by atoms with Crippen molar-refractivity contribution in [1.82, 2.24) is 14.5 Å². The topological polar surface area (TPSA) is 68.0 Å². The summed E-state index contributed by atoms with van der Waals surface area (Å²) in [6.07, 6.45) is 3.53. The highest BCUT2D eigenvalue weighted by molar-refractivity contribution is 5.86. The van der Waals surface area contributed by atoms with Gasteiger partial charge >= 0.3 is 5.97 Å². The third-order valence-electron chi connectivity index (χ3n) is 1.82. The molecule has 2 aromatic rings. The second-order valence-corrected chi connectivity index (χ2v) is 2.79. The van der Waals surface area contributed by atoms with Crippen molar-refractivity contribution in [3.05, 3.63) is 42.4 Å². The molecule has 1 N–H and O–H groups in total. The molecule has 0 aliphatic rings. The predicted molar refractivity (Wildman–Crippen MR) is 55.5 cm³/mol. The van der Waals surface area contributed by atoms with E-state index in [1.807, 2.05) is 0 Å². The number of nitrogens with zero attached hydrogens (tertiary/aromatic N) is 3. The first-order chi connectivity index (χ1) is 7.18. The summed E-state index contributed by atoms with van der Waals surface area (Å²) >= 11 is 0. The lowest BCUT2D eigenvalue weighted by molar-refractivity contribution is 0.0688. The third-order valence-corrected chi connectivity index (χ3v) is 1.82. The van der Waals surface area contributed by atoms with Gasteiger partial charge in [-0.05, 0) is 12.1 Å². The molecule has 2 rings (SSSR count). The average Bonchev–Trinajstić information content (AvgIpc) is 2.67. The molecular formula is C9H7ClFN3O2. The molecule has 0 aromatic carbocycles. The number of hydrogen-bond acceptors (Lipinski definition) is 3. The lowest BCUT2D eigenvalue weighted by Gasteiger charge is -2.02. The Bertz CT molecular complexity index is 498. The van der Waals surface area contributed by atoms with Crippen LogP contribution in [0, 0.1) is 5.82 Å². The van der Waals surface area contributed by atoms with Crippen LogP contribution in [0.4, 0.5) is 4.39 Å². The Hall–Kier alpha value is -1.95. The first-order valence-electron chi connectivity index (χ1n) is 4.06. The standard InChI is InChI=1S/C9H6FN3O2.ClH/c10-6-1-2-8(12-3-6)13-5-11-4-7(13)9(14)15;/h1-5H,(H,14,15);1H. The summed E-state index contributed by atoms with van der Waals surface area (Å²) < 4.78 is 13.8. The van der Waals surface area contributed by atoms with Gasteiger partial charge in [0.1, 0.15) is 18.0 Å².